The monoisotopic (exact) mass is 535 g/mol. The highest BCUT2D eigenvalue weighted by molar-refractivity contribution is 7.92. The van der Waals surface area contributed by atoms with Gasteiger partial charge in [-0.1, -0.05) is 62.7 Å². The summed E-state index contributed by atoms with van der Waals surface area (Å²) >= 11 is 6.02. The Morgan fingerprint density at radius 1 is 1.06 bits per heavy atom. The molecule has 0 bridgehead atoms. The van der Waals surface area contributed by atoms with Gasteiger partial charge in [0.15, 0.2) is 0 Å². The van der Waals surface area contributed by atoms with Gasteiger partial charge in [-0.25, -0.2) is 8.42 Å². The lowest BCUT2D eigenvalue weighted by Crippen LogP contribution is -2.49. The lowest BCUT2D eigenvalue weighted by atomic mass is 10.1. The van der Waals surface area contributed by atoms with Crippen LogP contribution in [0.2, 0.25) is 5.02 Å². The largest absolute Gasteiger partial charge is 0.354 e. The van der Waals surface area contributed by atoms with Crippen LogP contribution in [0.25, 0.3) is 0 Å². The summed E-state index contributed by atoms with van der Waals surface area (Å²) in [7, 11) is -3.53. The molecule has 1 atom stereocenters. The van der Waals surface area contributed by atoms with Gasteiger partial charge < -0.3 is 10.2 Å². The third-order valence-electron chi connectivity index (χ3n) is 5.87. The minimum absolute atomic E-state index is 0.111. The molecule has 36 heavy (non-hydrogen) atoms. The van der Waals surface area contributed by atoms with Gasteiger partial charge in [-0.2, -0.15) is 0 Å². The topological polar surface area (TPSA) is 86.8 Å². The second-order valence-electron chi connectivity index (χ2n) is 9.44. The Morgan fingerprint density at radius 3 is 2.25 bits per heavy atom. The molecule has 2 rings (SSSR count). The summed E-state index contributed by atoms with van der Waals surface area (Å²) in [6, 6.07) is 13.8. The maximum Gasteiger partial charge on any atom is 0.242 e. The molecule has 0 saturated heterocycles. The number of hydrogen-bond acceptors (Lipinski definition) is 4. The minimum Gasteiger partial charge on any atom is -0.354 e. The van der Waals surface area contributed by atoms with Crippen LogP contribution >= 0.6 is 11.6 Å². The van der Waals surface area contributed by atoms with Crippen LogP contribution in [0.4, 0.5) is 5.69 Å². The van der Waals surface area contributed by atoms with Gasteiger partial charge in [-0.05, 0) is 55.0 Å². The fraction of sp³-hybridized carbons (Fsp3) is 0.481. The molecule has 0 unspecified atom stereocenters. The molecule has 0 aliphatic rings. The zero-order chi connectivity index (χ0) is 26.9. The first-order valence-corrected chi connectivity index (χ1v) is 14.5. The van der Waals surface area contributed by atoms with Crippen LogP contribution in [0, 0.1) is 12.8 Å². The zero-order valence-corrected chi connectivity index (χ0v) is 23.4. The number of sulfonamides is 1. The molecule has 2 aromatic carbocycles. The Hall–Kier alpha value is -2.58. The van der Waals surface area contributed by atoms with Gasteiger partial charge in [0, 0.05) is 31.1 Å². The smallest absolute Gasteiger partial charge is 0.242 e. The second-order valence-corrected chi connectivity index (χ2v) is 11.8. The summed E-state index contributed by atoms with van der Waals surface area (Å²) in [5, 5.41) is 3.54. The Bertz CT molecular complexity index is 1120. The van der Waals surface area contributed by atoms with Crippen molar-refractivity contribution in [2.24, 2.45) is 5.92 Å². The molecular weight excluding hydrogens is 498 g/mol. The standard InChI is InChI=1S/C27H38ClN3O4S/c1-6-24(27(33)29-18-20(2)3)30(19-22-13-15-23(28)16-14-22)26(32)12-9-17-31(36(5,34)35)25-11-8-7-10-21(25)4/h7-8,10-11,13-16,20,24H,6,9,12,17-19H2,1-5H3,(H,29,33)/t24-/m1/s1. The summed E-state index contributed by atoms with van der Waals surface area (Å²) in [6.45, 7) is 8.72. The van der Waals surface area contributed by atoms with Crippen molar-refractivity contribution in [2.45, 2.75) is 59.5 Å². The fourth-order valence-electron chi connectivity index (χ4n) is 3.95. The summed E-state index contributed by atoms with van der Waals surface area (Å²) in [6.07, 6.45) is 2.06. The quantitative estimate of drug-likeness (QED) is 0.400. The molecule has 0 heterocycles. The van der Waals surface area contributed by atoms with Crippen molar-refractivity contribution in [3.63, 3.8) is 0 Å². The van der Waals surface area contributed by atoms with Crippen LogP contribution in [0.15, 0.2) is 48.5 Å². The minimum atomic E-state index is -3.53. The van der Waals surface area contributed by atoms with E-state index in [0.717, 1.165) is 11.1 Å². The molecule has 0 fully saturated rings. The number of para-hydroxylation sites is 1. The van der Waals surface area contributed by atoms with Crippen molar-refractivity contribution in [3.8, 4) is 0 Å². The number of anilines is 1. The molecule has 0 radical (unpaired) electrons. The Labute approximate surface area is 220 Å². The first kappa shape index (κ1) is 29.6. The van der Waals surface area contributed by atoms with Crippen LogP contribution in [0.5, 0.6) is 0 Å². The van der Waals surface area contributed by atoms with E-state index in [1.807, 2.05) is 52.0 Å². The lowest BCUT2D eigenvalue weighted by molar-refractivity contribution is -0.141. The van der Waals surface area contributed by atoms with Gasteiger partial charge >= 0.3 is 0 Å². The fourth-order valence-corrected chi connectivity index (χ4v) is 5.10. The van der Waals surface area contributed by atoms with Crippen molar-refractivity contribution in [1.82, 2.24) is 10.2 Å². The Morgan fingerprint density at radius 2 is 1.69 bits per heavy atom. The van der Waals surface area contributed by atoms with Crippen LogP contribution in [0.3, 0.4) is 0 Å². The SMILES string of the molecule is CC[C@H](C(=O)NCC(C)C)N(Cc1ccc(Cl)cc1)C(=O)CCCN(c1ccccc1C)S(C)(=O)=O. The highest BCUT2D eigenvalue weighted by Crippen LogP contribution is 2.23. The van der Waals surface area contributed by atoms with E-state index in [1.165, 1.54) is 10.6 Å². The molecule has 0 aliphatic carbocycles. The number of halogens is 1. The molecule has 2 aromatic rings. The predicted octanol–water partition coefficient (Wildman–Crippen LogP) is 4.77. The first-order valence-electron chi connectivity index (χ1n) is 12.3. The maximum absolute atomic E-state index is 13.4. The van der Waals surface area contributed by atoms with E-state index in [4.69, 9.17) is 11.6 Å². The van der Waals surface area contributed by atoms with Crippen LogP contribution < -0.4 is 9.62 Å². The average molecular weight is 536 g/mol. The predicted molar refractivity (Wildman–Crippen MR) is 147 cm³/mol. The number of hydrogen-bond donors (Lipinski definition) is 1. The molecule has 198 valence electrons. The van der Waals surface area contributed by atoms with E-state index < -0.39 is 16.1 Å². The number of carbonyl (C=O) groups excluding carboxylic acids is 2. The van der Waals surface area contributed by atoms with E-state index in [2.05, 4.69) is 5.32 Å². The average Bonchev–Trinajstić information content (AvgIpc) is 2.81. The van der Waals surface area contributed by atoms with Gasteiger partial charge in [0.1, 0.15) is 6.04 Å². The molecule has 0 aromatic heterocycles. The van der Waals surface area contributed by atoms with E-state index in [9.17, 15) is 18.0 Å². The number of rotatable bonds is 13. The lowest BCUT2D eigenvalue weighted by Gasteiger charge is -2.31. The number of amides is 2. The molecular formula is C27H38ClN3O4S. The number of nitrogens with zero attached hydrogens (tertiary/aromatic N) is 2. The van der Waals surface area contributed by atoms with Gasteiger partial charge in [-0.3, -0.25) is 13.9 Å². The molecule has 0 spiro atoms. The second kappa shape index (κ2) is 13.7. The third-order valence-corrected chi connectivity index (χ3v) is 7.30. The van der Waals surface area contributed by atoms with Crippen molar-refractivity contribution in [3.05, 3.63) is 64.7 Å². The van der Waals surface area contributed by atoms with Crippen molar-refractivity contribution in [2.75, 3.05) is 23.7 Å². The third kappa shape index (κ3) is 8.82. The molecule has 2 amide bonds. The molecule has 0 aliphatic heterocycles. The Balaban J connectivity index is 2.21. The van der Waals surface area contributed by atoms with Gasteiger partial charge in [0.05, 0.1) is 11.9 Å². The number of aryl methyl sites for hydroxylation is 1. The zero-order valence-electron chi connectivity index (χ0n) is 21.8. The summed E-state index contributed by atoms with van der Waals surface area (Å²) in [4.78, 5) is 28.0. The molecule has 0 saturated carbocycles. The molecule has 7 nitrogen and oxygen atoms in total. The van der Waals surface area contributed by atoms with Crippen LogP contribution in [0.1, 0.15) is 51.2 Å². The van der Waals surface area contributed by atoms with Crippen LogP contribution in [-0.2, 0) is 26.2 Å². The van der Waals surface area contributed by atoms with Gasteiger partial charge in [-0.15, -0.1) is 0 Å². The van der Waals surface area contributed by atoms with Crippen molar-refractivity contribution in [1.29, 1.82) is 0 Å². The van der Waals surface area contributed by atoms with Crippen LogP contribution in [-0.4, -0.2) is 50.5 Å². The van der Waals surface area contributed by atoms with E-state index in [-0.39, 0.29) is 37.2 Å². The normalized spacial score (nSPS) is 12.3. The summed E-state index contributed by atoms with van der Waals surface area (Å²) in [5.74, 6) is -0.101. The number of benzene rings is 2. The number of carbonyl (C=O) groups is 2. The molecule has 9 heteroatoms. The van der Waals surface area contributed by atoms with Crippen molar-refractivity contribution >= 4 is 39.1 Å². The highest BCUT2D eigenvalue weighted by atomic mass is 35.5. The van der Waals surface area contributed by atoms with Crippen molar-refractivity contribution < 1.29 is 18.0 Å². The summed E-state index contributed by atoms with van der Waals surface area (Å²) in [5.41, 5.74) is 2.30. The Kier molecular flexibility index (Phi) is 11.2. The maximum atomic E-state index is 13.4. The van der Waals surface area contributed by atoms with E-state index in [1.54, 1.807) is 29.2 Å². The van der Waals surface area contributed by atoms with E-state index in [0.29, 0.717) is 30.1 Å². The van der Waals surface area contributed by atoms with E-state index >= 15 is 0 Å². The first-order chi connectivity index (χ1) is 16.9. The number of nitrogens with one attached hydrogen (secondary N) is 1. The molecule has 1 N–H and O–H groups in total. The van der Waals surface area contributed by atoms with Gasteiger partial charge in [0.2, 0.25) is 21.8 Å². The summed E-state index contributed by atoms with van der Waals surface area (Å²) < 4.78 is 26.3. The van der Waals surface area contributed by atoms with Gasteiger partial charge in [0.25, 0.3) is 0 Å². The highest BCUT2D eigenvalue weighted by Gasteiger charge is 2.29.